The monoisotopic (exact) mass is 297 g/mol. The molecule has 1 heterocycles. The van der Waals surface area contributed by atoms with Crippen LogP contribution in [-0.2, 0) is 16.0 Å². The Morgan fingerprint density at radius 1 is 1.43 bits per heavy atom. The van der Waals surface area contributed by atoms with E-state index >= 15 is 0 Å². The number of carbonyl (C=O) groups is 1. The number of ether oxygens (including phenoxy) is 2. The normalized spacial score (nSPS) is 15.9. The standard InChI is InChI=1S/C15H20FNO4/c1-11-8-14(13(16)9-12(11)10-15(18)19)21-7-4-17-2-5-20-6-3-17/h8-9H,2-7,10H2,1H3,(H,18,19). The average molecular weight is 297 g/mol. The summed E-state index contributed by atoms with van der Waals surface area (Å²) in [6.07, 6.45) is -0.184. The third-order valence-corrected chi connectivity index (χ3v) is 3.50. The van der Waals surface area contributed by atoms with Crippen molar-refractivity contribution in [3.05, 3.63) is 29.1 Å². The highest BCUT2D eigenvalue weighted by Crippen LogP contribution is 2.22. The van der Waals surface area contributed by atoms with Crippen molar-refractivity contribution in [3.8, 4) is 5.75 Å². The van der Waals surface area contributed by atoms with Crippen molar-refractivity contribution < 1.29 is 23.8 Å². The van der Waals surface area contributed by atoms with Gasteiger partial charge < -0.3 is 14.6 Å². The lowest BCUT2D eigenvalue weighted by Gasteiger charge is -2.26. The lowest BCUT2D eigenvalue weighted by Crippen LogP contribution is -2.38. The number of carboxylic acids is 1. The summed E-state index contributed by atoms with van der Waals surface area (Å²) in [5, 5.41) is 8.77. The Kier molecular flexibility index (Phi) is 5.52. The summed E-state index contributed by atoms with van der Waals surface area (Å²) >= 11 is 0. The Bertz CT molecular complexity index is 501. The van der Waals surface area contributed by atoms with Crippen LogP contribution in [0.2, 0.25) is 0 Å². The highest BCUT2D eigenvalue weighted by atomic mass is 19.1. The number of benzene rings is 1. The summed E-state index contributed by atoms with van der Waals surface area (Å²) in [5.74, 6) is -1.31. The predicted molar refractivity (Wildman–Crippen MR) is 75.2 cm³/mol. The van der Waals surface area contributed by atoms with Crippen molar-refractivity contribution in [1.82, 2.24) is 4.90 Å². The van der Waals surface area contributed by atoms with E-state index in [1.54, 1.807) is 13.0 Å². The van der Waals surface area contributed by atoms with Crippen LogP contribution in [0.5, 0.6) is 5.75 Å². The molecule has 2 rings (SSSR count). The zero-order valence-corrected chi connectivity index (χ0v) is 12.1. The quantitative estimate of drug-likeness (QED) is 0.861. The van der Waals surface area contributed by atoms with Crippen LogP contribution >= 0.6 is 0 Å². The molecule has 0 bridgehead atoms. The van der Waals surface area contributed by atoms with Gasteiger partial charge in [-0.15, -0.1) is 0 Å². The molecular weight excluding hydrogens is 277 g/mol. The molecule has 0 radical (unpaired) electrons. The number of nitrogens with zero attached hydrogens (tertiary/aromatic N) is 1. The number of carboxylic acid groups (broad SMARTS) is 1. The van der Waals surface area contributed by atoms with Crippen LogP contribution in [0.3, 0.4) is 0 Å². The molecule has 1 aromatic rings. The second-order valence-electron chi connectivity index (χ2n) is 5.08. The van der Waals surface area contributed by atoms with E-state index in [1.807, 2.05) is 0 Å². The van der Waals surface area contributed by atoms with E-state index in [0.29, 0.717) is 12.2 Å². The second kappa shape index (κ2) is 7.38. The third-order valence-electron chi connectivity index (χ3n) is 3.50. The number of morpholine rings is 1. The maximum Gasteiger partial charge on any atom is 0.307 e. The first-order valence-electron chi connectivity index (χ1n) is 7.00. The van der Waals surface area contributed by atoms with Crippen molar-refractivity contribution in [2.45, 2.75) is 13.3 Å². The lowest BCUT2D eigenvalue weighted by atomic mass is 10.1. The Labute approximate surface area is 123 Å². The van der Waals surface area contributed by atoms with Gasteiger partial charge in [-0.1, -0.05) is 0 Å². The van der Waals surface area contributed by atoms with Crippen LogP contribution in [0.15, 0.2) is 12.1 Å². The molecular formula is C15H20FNO4. The van der Waals surface area contributed by atoms with Crippen molar-refractivity contribution >= 4 is 5.97 Å². The van der Waals surface area contributed by atoms with Crippen molar-refractivity contribution in [3.63, 3.8) is 0 Å². The average Bonchev–Trinajstić information content (AvgIpc) is 2.44. The van der Waals surface area contributed by atoms with Gasteiger partial charge in [0.15, 0.2) is 11.6 Å². The fourth-order valence-corrected chi connectivity index (χ4v) is 2.27. The molecule has 0 atom stereocenters. The van der Waals surface area contributed by atoms with Gasteiger partial charge in [-0.05, 0) is 30.2 Å². The summed E-state index contributed by atoms with van der Waals surface area (Å²) in [4.78, 5) is 12.9. The van der Waals surface area contributed by atoms with Gasteiger partial charge >= 0.3 is 5.97 Å². The molecule has 1 aliphatic heterocycles. The van der Waals surface area contributed by atoms with Gasteiger partial charge in [0.05, 0.1) is 19.6 Å². The minimum absolute atomic E-state index is 0.176. The van der Waals surface area contributed by atoms with E-state index < -0.39 is 11.8 Å². The van der Waals surface area contributed by atoms with Crippen LogP contribution in [0.1, 0.15) is 11.1 Å². The van der Waals surface area contributed by atoms with Gasteiger partial charge in [0.2, 0.25) is 0 Å². The van der Waals surface area contributed by atoms with Gasteiger partial charge in [0, 0.05) is 19.6 Å². The van der Waals surface area contributed by atoms with Gasteiger partial charge in [0.1, 0.15) is 6.61 Å². The minimum Gasteiger partial charge on any atom is -0.489 e. The van der Waals surface area contributed by atoms with Gasteiger partial charge in [-0.3, -0.25) is 9.69 Å². The molecule has 1 aromatic carbocycles. The zero-order valence-electron chi connectivity index (χ0n) is 12.1. The molecule has 0 amide bonds. The third kappa shape index (κ3) is 4.68. The molecule has 0 spiro atoms. The number of hydrogen-bond donors (Lipinski definition) is 1. The molecule has 1 fully saturated rings. The lowest BCUT2D eigenvalue weighted by molar-refractivity contribution is -0.136. The van der Waals surface area contributed by atoms with Crippen LogP contribution in [0.25, 0.3) is 0 Å². The number of rotatable bonds is 6. The Hall–Kier alpha value is -1.66. The van der Waals surface area contributed by atoms with Gasteiger partial charge in [-0.25, -0.2) is 4.39 Å². The maximum absolute atomic E-state index is 13.9. The first-order valence-corrected chi connectivity index (χ1v) is 7.00. The highest BCUT2D eigenvalue weighted by molar-refractivity contribution is 5.70. The van der Waals surface area contributed by atoms with E-state index in [9.17, 15) is 9.18 Å². The Morgan fingerprint density at radius 2 is 2.14 bits per heavy atom. The van der Waals surface area contributed by atoms with Crippen molar-refractivity contribution in [2.24, 2.45) is 0 Å². The van der Waals surface area contributed by atoms with Crippen LogP contribution < -0.4 is 4.74 Å². The predicted octanol–water partition coefficient (Wildman–Crippen LogP) is 1.47. The molecule has 6 heteroatoms. The molecule has 116 valence electrons. The summed E-state index contributed by atoms with van der Waals surface area (Å²) in [6, 6.07) is 2.81. The van der Waals surface area contributed by atoms with Crippen LogP contribution in [0, 0.1) is 12.7 Å². The zero-order chi connectivity index (χ0) is 15.2. The molecule has 5 nitrogen and oxygen atoms in total. The smallest absolute Gasteiger partial charge is 0.307 e. The van der Waals surface area contributed by atoms with Gasteiger partial charge in [0.25, 0.3) is 0 Å². The maximum atomic E-state index is 13.9. The van der Waals surface area contributed by atoms with E-state index in [1.165, 1.54) is 6.07 Å². The largest absolute Gasteiger partial charge is 0.489 e. The molecule has 1 N–H and O–H groups in total. The van der Waals surface area contributed by atoms with Crippen molar-refractivity contribution in [2.75, 3.05) is 39.5 Å². The number of halogens is 1. The van der Waals surface area contributed by atoms with E-state index in [4.69, 9.17) is 14.6 Å². The van der Waals surface area contributed by atoms with Crippen molar-refractivity contribution in [1.29, 1.82) is 0 Å². The minimum atomic E-state index is -0.974. The molecule has 0 aromatic heterocycles. The molecule has 0 aliphatic carbocycles. The number of aliphatic carboxylic acids is 1. The van der Waals surface area contributed by atoms with Gasteiger partial charge in [-0.2, -0.15) is 0 Å². The Morgan fingerprint density at radius 3 is 2.81 bits per heavy atom. The number of aryl methyl sites for hydroxylation is 1. The summed E-state index contributed by atoms with van der Waals surface area (Å²) in [5.41, 5.74) is 1.20. The summed E-state index contributed by atoms with van der Waals surface area (Å²) < 4.78 is 24.6. The first-order chi connectivity index (χ1) is 10.1. The fourth-order valence-electron chi connectivity index (χ4n) is 2.27. The molecule has 0 saturated carbocycles. The SMILES string of the molecule is Cc1cc(OCCN2CCOCC2)c(F)cc1CC(=O)O. The van der Waals surface area contributed by atoms with Crippen LogP contribution in [-0.4, -0.2) is 55.4 Å². The molecule has 21 heavy (non-hydrogen) atoms. The molecule has 0 unspecified atom stereocenters. The highest BCUT2D eigenvalue weighted by Gasteiger charge is 2.13. The summed E-state index contributed by atoms with van der Waals surface area (Å²) in [6.45, 7) is 6.04. The van der Waals surface area contributed by atoms with Crippen LogP contribution in [0.4, 0.5) is 4.39 Å². The topological polar surface area (TPSA) is 59.0 Å². The molecule has 1 saturated heterocycles. The van der Waals surface area contributed by atoms with E-state index in [2.05, 4.69) is 4.90 Å². The van der Waals surface area contributed by atoms with E-state index in [-0.39, 0.29) is 12.2 Å². The Balaban J connectivity index is 1.90. The van der Waals surface area contributed by atoms with E-state index in [0.717, 1.165) is 38.4 Å². The first kappa shape index (κ1) is 15.7. The molecule has 1 aliphatic rings. The second-order valence-corrected chi connectivity index (χ2v) is 5.08. The number of hydrogen-bond acceptors (Lipinski definition) is 4. The summed E-state index contributed by atoms with van der Waals surface area (Å²) in [7, 11) is 0. The fraction of sp³-hybridized carbons (Fsp3) is 0.533.